The van der Waals surface area contributed by atoms with Gasteiger partial charge in [0.15, 0.2) is 0 Å². The Labute approximate surface area is 89.2 Å². The van der Waals surface area contributed by atoms with Crippen LogP contribution in [0.15, 0.2) is 24.4 Å². The Morgan fingerprint density at radius 1 is 1.47 bits per heavy atom. The highest BCUT2D eigenvalue weighted by Crippen LogP contribution is 2.23. The number of aromatic nitrogens is 1. The lowest BCUT2D eigenvalue weighted by atomic mass is 10.1. The molecule has 0 aliphatic rings. The average molecular weight is 204 g/mol. The maximum Gasteiger partial charge on any atom is 0.120 e. The van der Waals surface area contributed by atoms with Crippen LogP contribution in [-0.4, -0.2) is 18.1 Å². The van der Waals surface area contributed by atoms with Gasteiger partial charge in [0.25, 0.3) is 0 Å². The van der Waals surface area contributed by atoms with Crippen LogP contribution in [0.25, 0.3) is 10.9 Å². The first-order valence-electron chi connectivity index (χ1n) is 5.10. The molecular formula is C12H16N2O. The molecular weight excluding hydrogens is 188 g/mol. The van der Waals surface area contributed by atoms with Gasteiger partial charge in [0.2, 0.25) is 0 Å². The van der Waals surface area contributed by atoms with Crippen LogP contribution in [0.5, 0.6) is 5.75 Å². The molecule has 3 nitrogen and oxygen atoms in total. The van der Waals surface area contributed by atoms with Gasteiger partial charge in [-0.1, -0.05) is 0 Å². The van der Waals surface area contributed by atoms with Gasteiger partial charge in [0, 0.05) is 29.2 Å². The van der Waals surface area contributed by atoms with Crippen LogP contribution in [0, 0.1) is 0 Å². The van der Waals surface area contributed by atoms with Crippen LogP contribution in [0.4, 0.5) is 0 Å². The van der Waals surface area contributed by atoms with Crippen LogP contribution in [0.3, 0.4) is 0 Å². The van der Waals surface area contributed by atoms with E-state index < -0.39 is 0 Å². The van der Waals surface area contributed by atoms with Gasteiger partial charge >= 0.3 is 0 Å². The topological polar surface area (TPSA) is 51.0 Å². The largest absolute Gasteiger partial charge is 0.497 e. The van der Waals surface area contributed by atoms with E-state index in [1.54, 1.807) is 7.11 Å². The second kappa shape index (κ2) is 3.95. The molecule has 80 valence electrons. The third kappa shape index (κ3) is 1.97. The summed E-state index contributed by atoms with van der Waals surface area (Å²) >= 11 is 0. The minimum atomic E-state index is 0.186. The number of nitrogens with two attached hydrogens (primary N) is 1. The Balaban J connectivity index is 2.43. The van der Waals surface area contributed by atoms with Crippen LogP contribution in [0.1, 0.15) is 12.5 Å². The Morgan fingerprint density at radius 3 is 2.93 bits per heavy atom. The molecule has 1 heterocycles. The smallest absolute Gasteiger partial charge is 0.120 e. The molecule has 2 rings (SSSR count). The van der Waals surface area contributed by atoms with E-state index in [0.717, 1.165) is 17.7 Å². The lowest BCUT2D eigenvalue weighted by molar-refractivity contribution is 0.415. The summed E-state index contributed by atoms with van der Waals surface area (Å²) in [4.78, 5) is 3.23. The first-order valence-corrected chi connectivity index (χ1v) is 5.10. The van der Waals surface area contributed by atoms with Crippen LogP contribution in [0.2, 0.25) is 0 Å². The molecule has 0 radical (unpaired) electrons. The van der Waals surface area contributed by atoms with Crippen molar-refractivity contribution in [2.45, 2.75) is 19.4 Å². The second-order valence-electron chi connectivity index (χ2n) is 3.91. The molecule has 0 spiro atoms. The summed E-state index contributed by atoms with van der Waals surface area (Å²) in [6.07, 6.45) is 2.92. The molecule has 1 atom stereocenters. The van der Waals surface area contributed by atoms with Gasteiger partial charge in [-0.3, -0.25) is 0 Å². The second-order valence-corrected chi connectivity index (χ2v) is 3.91. The summed E-state index contributed by atoms with van der Waals surface area (Å²) in [5.74, 6) is 0.872. The van der Waals surface area contributed by atoms with Gasteiger partial charge in [0.05, 0.1) is 7.11 Å². The van der Waals surface area contributed by atoms with Crippen LogP contribution < -0.4 is 10.5 Å². The molecule has 15 heavy (non-hydrogen) atoms. The van der Waals surface area contributed by atoms with Gasteiger partial charge in [-0.15, -0.1) is 0 Å². The number of methoxy groups -OCH3 is 1. The average Bonchev–Trinajstić information content (AvgIpc) is 2.60. The molecule has 3 heteroatoms. The predicted octanol–water partition coefficient (Wildman–Crippen LogP) is 2.07. The monoisotopic (exact) mass is 204 g/mol. The lowest BCUT2D eigenvalue weighted by Crippen LogP contribution is -2.17. The maximum absolute atomic E-state index is 5.79. The number of hydrogen-bond acceptors (Lipinski definition) is 2. The van der Waals surface area contributed by atoms with E-state index in [0.29, 0.717) is 0 Å². The summed E-state index contributed by atoms with van der Waals surface area (Å²) in [6, 6.07) is 6.23. The number of fused-ring (bicyclic) bond motifs is 1. The summed E-state index contributed by atoms with van der Waals surface area (Å²) in [5, 5.41) is 1.23. The Morgan fingerprint density at radius 2 is 2.27 bits per heavy atom. The Kier molecular flexibility index (Phi) is 2.64. The zero-order valence-electron chi connectivity index (χ0n) is 9.08. The lowest BCUT2D eigenvalue weighted by Gasteiger charge is -2.03. The predicted molar refractivity (Wildman–Crippen MR) is 62.2 cm³/mol. The molecule has 3 N–H and O–H groups in total. The SMILES string of the molecule is COc1ccc2c(CC(C)N)c[nH]c2c1. The number of nitrogens with one attached hydrogen (secondary N) is 1. The highest BCUT2D eigenvalue weighted by molar-refractivity contribution is 5.84. The molecule has 0 bridgehead atoms. The van der Waals surface area contributed by atoms with Crippen molar-refractivity contribution in [1.29, 1.82) is 0 Å². The molecule has 1 aromatic carbocycles. The summed E-state index contributed by atoms with van der Waals surface area (Å²) in [6.45, 7) is 2.02. The fourth-order valence-corrected chi connectivity index (χ4v) is 1.81. The van der Waals surface area contributed by atoms with Crippen molar-refractivity contribution in [2.24, 2.45) is 5.73 Å². The molecule has 0 aliphatic carbocycles. The van der Waals surface area contributed by atoms with Gasteiger partial charge in [-0.25, -0.2) is 0 Å². The van der Waals surface area contributed by atoms with Gasteiger partial charge in [0.1, 0.15) is 5.75 Å². The van der Waals surface area contributed by atoms with E-state index >= 15 is 0 Å². The van der Waals surface area contributed by atoms with Gasteiger partial charge < -0.3 is 15.5 Å². The normalized spacial score (nSPS) is 13.0. The highest BCUT2D eigenvalue weighted by atomic mass is 16.5. The van der Waals surface area contributed by atoms with Crippen LogP contribution >= 0.6 is 0 Å². The molecule has 2 aromatic rings. The summed E-state index contributed by atoms with van der Waals surface area (Å²) in [7, 11) is 1.67. The number of ether oxygens (including phenoxy) is 1. The number of aromatic amines is 1. The zero-order chi connectivity index (χ0) is 10.8. The number of H-pyrrole nitrogens is 1. The molecule has 0 saturated carbocycles. The first kappa shape index (κ1) is 10.1. The van der Waals surface area contributed by atoms with Crippen molar-refractivity contribution < 1.29 is 4.74 Å². The fourth-order valence-electron chi connectivity index (χ4n) is 1.81. The number of benzene rings is 1. The standard InChI is InChI=1S/C12H16N2O/c1-8(13)5-9-7-14-12-6-10(15-2)3-4-11(9)12/h3-4,6-8,14H,5,13H2,1-2H3. The van der Waals surface area contributed by atoms with E-state index in [-0.39, 0.29) is 6.04 Å². The van der Waals surface area contributed by atoms with E-state index in [1.807, 2.05) is 25.3 Å². The summed E-state index contributed by atoms with van der Waals surface area (Å²) in [5.41, 5.74) is 8.16. The minimum Gasteiger partial charge on any atom is -0.497 e. The Bertz CT molecular complexity index is 460. The maximum atomic E-state index is 5.79. The molecule has 0 saturated heterocycles. The molecule has 0 fully saturated rings. The molecule has 1 aromatic heterocycles. The van der Waals surface area contributed by atoms with Crippen molar-refractivity contribution in [3.05, 3.63) is 30.0 Å². The molecule has 0 amide bonds. The third-order valence-corrected chi connectivity index (χ3v) is 2.52. The van der Waals surface area contributed by atoms with Crippen molar-refractivity contribution in [3.8, 4) is 5.75 Å². The molecule has 0 aliphatic heterocycles. The van der Waals surface area contributed by atoms with E-state index in [9.17, 15) is 0 Å². The van der Waals surface area contributed by atoms with Gasteiger partial charge in [-0.05, 0) is 31.0 Å². The fraction of sp³-hybridized carbons (Fsp3) is 0.333. The van der Waals surface area contributed by atoms with Crippen molar-refractivity contribution in [3.63, 3.8) is 0 Å². The Hall–Kier alpha value is -1.48. The first-order chi connectivity index (χ1) is 7.20. The summed E-state index contributed by atoms with van der Waals surface area (Å²) < 4.78 is 5.17. The van der Waals surface area contributed by atoms with Crippen LogP contribution in [-0.2, 0) is 6.42 Å². The number of rotatable bonds is 3. The van der Waals surface area contributed by atoms with Crippen molar-refractivity contribution in [2.75, 3.05) is 7.11 Å². The van der Waals surface area contributed by atoms with E-state index in [4.69, 9.17) is 10.5 Å². The zero-order valence-corrected chi connectivity index (χ0v) is 9.08. The van der Waals surface area contributed by atoms with E-state index in [1.165, 1.54) is 10.9 Å². The minimum absolute atomic E-state index is 0.186. The number of hydrogen-bond donors (Lipinski definition) is 2. The highest BCUT2D eigenvalue weighted by Gasteiger charge is 2.06. The van der Waals surface area contributed by atoms with Gasteiger partial charge in [-0.2, -0.15) is 0 Å². The van der Waals surface area contributed by atoms with Crippen molar-refractivity contribution in [1.82, 2.24) is 4.98 Å². The molecule has 1 unspecified atom stereocenters. The van der Waals surface area contributed by atoms with Crippen molar-refractivity contribution >= 4 is 10.9 Å². The third-order valence-electron chi connectivity index (χ3n) is 2.52. The van der Waals surface area contributed by atoms with E-state index in [2.05, 4.69) is 11.1 Å². The quantitative estimate of drug-likeness (QED) is 0.804.